The fraction of sp³-hybridized carbons (Fsp3) is 0.308. The van der Waals surface area contributed by atoms with E-state index in [9.17, 15) is 14.4 Å². The largest absolute Gasteiger partial charge is 0.476 e. The van der Waals surface area contributed by atoms with E-state index in [-0.39, 0.29) is 42.3 Å². The van der Waals surface area contributed by atoms with Crippen molar-refractivity contribution < 1.29 is 28.8 Å². The zero-order chi connectivity index (χ0) is 24.8. The zero-order valence-electron chi connectivity index (χ0n) is 19.3. The van der Waals surface area contributed by atoms with E-state index in [2.05, 4.69) is 40.1 Å². The smallest absolute Gasteiger partial charge is 0.407 e. The van der Waals surface area contributed by atoms with Gasteiger partial charge in [-0.25, -0.2) is 9.59 Å². The molecule has 0 radical (unpaired) electrons. The van der Waals surface area contributed by atoms with E-state index in [1.165, 1.54) is 17.2 Å². The van der Waals surface area contributed by atoms with Crippen molar-refractivity contribution in [3.8, 4) is 11.1 Å². The molecule has 1 unspecified atom stereocenters. The molecule has 9 nitrogen and oxygen atoms in total. The number of alkyl carbamates (subject to hydrolysis) is 1. The van der Waals surface area contributed by atoms with Crippen molar-refractivity contribution in [3.63, 3.8) is 0 Å². The van der Waals surface area contributed by atoms with E-state index < -0.39 is 12.1 Å². The van der Waals surface area contributed by atoms with E-state index in [1.54, 1.807) is 6.92 Å². The van der Waals surface area contributed by atoms with E-state index in [0.29, 0.717) is 19.4 Å². The van der Waals surface area contributed by atoms with Gasteiger partial charge in [0.2, 0.25) is 5.91 Å². The lowest BCUT2D eigenvalue weighted by Gasteiger charge is -2.15. The summed E-state index contributed by atoms with van der Waals surface area (Å²) in [5.74, 6) is -1.41. The number of rotatable bonds is 10. The highest BCUT2D eigenvalue weighted by Crippen LogP contribution is 2.44. The van der Waals surface area contributed by atoms with Gasteiger partial charge >= 0.3 is 12.1 Å². The van der Waals surface area contributed by atoms with Gasteiger partial charge < -0.3 is 25.0 Å². The first-order valence-corrected chi connectivity index (χ1v) is 11.5. The monoisotopic (exact) mass is 477 g/mol. The van der Waals surface area contributed by atoms with Gasteiger partial charge in [-0.15, -0.1) is 0 Å². The van der Waals surface area contributed by atoms with Gasteiger partial charge in [0.1, 0.15) is 6.61 Å². The second kappa shape index (κ2) is 10.9. The van der Waals surface area contributed by atoms with Crippen molar-refractivity contribution in [1.82, 2.24) is 15.8 Å². The van der Waals surface area contributed by atoms with E-state index in [1.807, 2.05) is 24.3 Å². The average molecular weight is 478 g/mol. The summed E-state index contributed by atoms with van der Waals surface area (Å²) in [4.78, 5) is 35.3. The van der Waals surface area contributed by atoms with E-state index >= 15 is 0 Å². The summed E-state index contributed by atoms with van der Waals surface area (Å²) in [6.45, 7) is 2.48. The molecule has 0 aliphatic heterocycles. The summed E-state index contributed by atoms with van der Waals surface area (Å²) < 4.78 is 10.4. The highest BCUT2D eigenvalue weighted by molar-refractivity contribution is 5.85. The number of fused-ring (bicyclic) bond motifs is 3. The summed E-state index contributed by atoms with van der Waals surface area (Å²) >= 11 is 0. The molecule has 35 heavy (non-hydrogen) atoms. The van der Waals surface area contributed by atoms with Crippen LogP contribution in [0.3, 0.4) is 0 Å². The van der Waals surface area contributed by atoms with Gasteiger partial charge in [-0.1, -0.05) is 60.6 Å². The Bertz CT molecular complexity index is 1180. The number of carbonyl (C=O) groups is 3. The summed E-state index contributed by atoms with van der Waals surface area (Å²) in [5, 5.41) is 17.7. The Balaban J connectivity index is 1.16. The number of carboxylic acids is 1. The predicted octanol–water partition coefficient (Wildman–Crippen LogP) is 3.94. The average Bonchev–Trinajstić information content (AvgIpc) is 3.47. The SMILES string of the molecule is CC(CCCNC(=O)OCC1c2ccccc2-c2ccccc21)C(=O)NCc1cc(C(=O)O)no1. The number of benzene rings is 2. The zero-order valence-corrected chi connectivity index (χ0v) is 19.3. The lowest BCUT2D eigenvalue weighted by molar-refractivity contribution is -0.124. The first-order chi connectivity index (χ1) is 16.9. The van der Waals surface area contributed by atoms with Gasteiger partial charge in [0.15, 0.2) is 11.5 Å². The molecule has 1 atom stereocenters. The molecule has 9 heteroatoms. The molecule has 1 heterocycles. The quantitative estimate of drug-likeness (QED) is 0.377. The molecule has 1 aliphatic carbocycles. The molecule has 1 aliphatic rings. The summed E-state index contributed by atoms with van der Waals surface area (Å²) in [6, 6.07) is 17.6. The number of nitrogens with one attached hydrogen (secondary N) is 2. The second-order valence-electron chi connectivity index (χ2n) is 8.50. The molecule has 2 aromatic carbocycles. The van der Waals surface area contributed by atoms with Gasteiger partial charge in [0.05, 0.1) is 6.54 Å². The maximum atomic E-state index is 12.2. The number of aromatic nitrogens is 1. The van der Waals surface area contributed by atoms with Crippen molar-refractivity contribution in [1.29, 1.82) is 0 Å². The van der Waals surface area contributed by atoms with Crippen LogP contribution in [-0.4, -0.2) is 41.4 Å². The van der Waals surface area contributed by atoms with Gasteiger partial charge in [-0.05, 0) is 35.1 Å². The van der Waals surface area contributed by atoms with Gasteiger partial charge in [0, 0.05) is 24.4 Å². The molecule has 0 spiro atoms. The lowest BCUT2D eigenvalue weighted by atomic mass is 9.98. The van der Waals surface area contributed by atoms with Crippen molar-refractivity contribution in [2.75, 3.05) is 13.2 Å². The van der Waals surface area contributed by atoms with Crippen LogP contribution in [0.15, 0.2) is 59.1 Å². The van der Waals surface area contributed by atoms with Crippen molar-refractivity contribution >= 4 is 18.0 Å². The number of ether oxygens (including phenoxy) is 1. The highest BCUT2D eigenvalue weighted by Gasteiger charge is 2.29. The van der Waals surface area contributed by atoms with Crippen molar-refractivity contribution in [3.05, 3.63) is 77.2 Å². The van der Waals surface area contributed by atoms with Crippen LogP contribution < -0.4 is 10.6 Å². The number of aromatic carboxylic acids is 1. The maximum Gasteiger partial charge on any atom is 0.407 e. The molecule has 2 amide bonds. The van der Waals surface area contributed by atoms with Gasteiger partial charge in [0.25, 0.3) is 0 Å². The van der Waals surface area contributed by atoms with Crippen LogP contribution in [0.5, 0.6) is 0 Å². The fourth-order valence-electron chi connectivity index (χ4n) is 4.22. The molecule has 0 saturated carbocycles. The Labute approximate surface area is 202 Å². The summed E-state index contributed by atoms with van der Waals surface area (Å²) in [5.41, 5.74) is 4.46. The molecular formula is C26H27N3O6. The number of carboxylic acid groups (broad SMARTS) is 1. The third kappa shape index (κ3) is 5.68. The maximum absolute atomic E-state index is 12.2. The minimum Gasteiger partial charge on any atom is -0.476 e. The Morgan fingerprint density at radius 1 is 1.06 bits per heavy atom. The highest BCUT2D eigenvalue weighted by atomic mass is 16.5. The van der Waals surface area contributed by atoms with Crippen LogP contribution in [-0.2, 0) is 16.1 Å². The van der Waals surface area contributed by atoms with Crippen LogP contribution in [0, 0.1) is 5.92 Å². The van der Waals surface area contributed by atoms with Gasteiger partial charge in [-0.2, -0.15) is 0 Å². The minimum absolute atomic E-state index is 0.00723. The topological polar surface area (TPSA) is 131 Å². The molecule has 0 bridgehead atoms. The number of nitrogens with zero attached hydrogens (tertiary/aromatic N) is 1. The molecule has 182 valence electrons. The molecule has 0 fully saturated rings. The third-order valence-corrected chi connectivity index (χ3v) is 6.09. The molecule has 4 rings (SSSR count). The van der Waals surface area contributed by atoms with Gasteiger partial charge in [-0.3, -0.25) is 4.79 Å². The Hall–Kier alpha value is -4.14. The molecule has 0 saturated heterocycles. The normalized spacial score (nSPS) is 12.9. The number of hydrogen-bond donors (Lipinski definition) is 3. The Kier molecular flexibility index (Phi) is 7.45. The van der Waals surface area contributed by atoms with Crippen LogP contribution >= 0.6 is 0 Å². The number of hydrogen-bond acceptors (Lipinski definition) is 6. The number of amides is 2. The molecule has 1 aromatic heterocycles. The first kappa shape index (κ1) is 24.0. The minimum atomic E-state index is -1.19. The standard InChI is InChI=1S/C26H27N3O6/c1-16(24(30)28-14-17-13-23(25(31)32)29-35-17)7-6-12-27-26(33)34-15-22-20-10-4-2-8-18(20)19-9-3-5-11-21(19)22/h2-5,8-11,13,16,22H,6-7,12,14-15H2,1H3,(H,27,33)(H,28,30)(H,31,32). The van der Waals surface area contributed by atoms with Crippen LogP contribution in [0.1, 0.15) is 53.1 Å². The van der Waals surface area contributed by atoms with Crippen molar-refractivity contribution in [2.45, 2.75) is 32.2 Å². The second-order valence-corrected chi connectivity index (χ2v) is 8.50. The van der Waals surface area contributed by atoms with Crippen LogP contribution in [0.4, 0.5) is 4.79 Å². The third-order valence-electron chi connectivity index (χ3n) is 6.09. The molecule has 3 N–H and O–H groups in total. The lowest BCUT2D eigenvalue weighted by Crippen LogP contribution is -2.30. The number of carbonyl (C=O) groups excluding carboxylic acids is 2. The summed E-state index contributed by atoms with van der Waals surface area (Å²) in [6.07, 6.45) is 0.680. The van der Waals surface area contributed by atoms with Crippen LogP contribution in [0.25, 0.3) is 11.1 Å². The Morgan fingerprint density at radius 3 is 2.34 bits per heavy atom. The van der Waals surface area contributed by atoms with Crippen LogP contribution in [0.2, 0.25) is 0 Å². The first-order valence-electron chi connectivity index (χ1n) is 11.5. The fourth-order valence-corrected chi connectivity index (χ4v) is 4.22. The van der Waals surface area contributed by atoms with E-state index in [4.69, 9.17) is 14.4 Å². The van der Waals surface area contributed by atoms with E-state index in [0.717, 1.165) is 11.1 Å². The predicted molar refractivity (Wildman–Crippen MR) is 127 cm³/mol. The summed E-state index contributed by atoms with van der Waals surface area (Å²) in [7, 11) is 0. The van der Waals surface area contributed by atoms with Crippen molar-refractivity contribution in [2.24, 2.45) is 5.92 Å². The molecular weight excluding hydrogens is 450 g/mol. The molecule has 3 aromatic rings. The Morgan fingerprint density at radius 2 is 1.71 bits per heavy atom.